The van der Waals surface area contributed by atoms with Crippen LogP contribution < -0.4 is 4.90 Å². The lowest BCUT2D eigenvalue weighted by atomic mass is 10.1. The Morgan fingerprint density at radius 3 is 2.39 bits per heavy atom. The van der Waals surface area contributed by atoms with Crippen molar-refractivity contribution in [2.75, 3.05) is 4.90 Å². The highest BCUT2D eigenvalue weighted by atomic mass is 16.2. The van der Waals surface area contributed by atoms with E-state index in [1.54, 1.807) is 6.92 Å². The normalized spacial score (nSPS) is 18.6. The van der Waals surface area contributed by atoms with E-state index < -0.39 is 0 Å². The van der Waals surface area contributed by atoms with E-state index >= 15 is 0 Å². The van der Waals surface area contributed by atoms with Gasteiger partial charge >= 0.3 is 0 Å². The molecule has 18 heavy (non-hydrogen) atoms. The van der Waals surface area contributed by atoms with Gasteiger partial charge in [-0.1, -0.05) is 6.92 Å². The van der Waals surface area contributed by atoms with Crippen LogP contribution in [0.5, 0.6) is 0 Å². The fourth-order valence-electron chi connectivity index (χ4n) is 1.92. The molecule has 0 N–H and O–H groups in total. The summed E-state index contributed by atoms with van der Waals surface area (Å²) in [6.07, 6.45) is 0.181. The number of anilines is 1. The first-order chi connectivity index (χ1) is 8.58. The Kier molecular flexibility index (Phi) is 2.83. The monoisotopic (exact) mass is 239 g/mol. The lowest BCUT2D eigenvalue weighted by Crippen LogP contribution is -2.30. The molecule has 0 bridgehead atoms. The predicted octanol–water partition coefficient (Wildman–Crippen LogP) is 1.33. The predicted molar refractivity (Wildman–Crippen MR) is 62.1 cm³/mol. The molecule has 1 aliphatic rings. The van der Waals surface area contributed by atoms with Crippen molar-refractivity contribution < 1.29 is 9.59 Å². The van der Waals surface area contributed by atoms with Gasteiger partial charge in [-0.05, 0) is 18.2 Å². The van der Waals surface area contributed by atoms with Gasteiger partial charge in [0.1, 0.15) is 12.1 Å². The van der Waals surface area contributed by atoms with Gasteiger partial charge in [-0.25, -0.2) is 0 Å². The van der Waals surface area contributed by atoms with Crippen LogP contribution in [0.1, 0.15) is 24.5 Å². The van der Waals surface area contributed by atoms with Crippen molar-refractivity contribution in [1.82, 2.24) is 0 Å². The zero-order valence-corrected chi connectivity index (χ0v) is 9.67. The van der Waals surface area contributed by atoms with Gasteiger partial charge in [0.05, 0.1) is 16.8 Å². The number of rotatable bonds is 1. The minimum atomic E-state index is -0.335. The maximum Gasteiger partial charge on any atom is 0.237 e. The Labute approximate surface area is 104 Å². The lowest BCUT2D eigenvalue weighted by molar-refractivity contribution is -0.122. The summed E-state index contributed by atoms with van der Waals surface area (Å²) in [4.78, 5) is 24.6. The first-order valence-corrected chi connectivity index (χ1v) is 5.39. The van der Waals surface area contributed by atoms with Crippen LogP contribution >= 0.6 is 0 Å². The van der Waals surface area contributed by atoms with Crippen molar-refractivity contribution in [2.24, 2.45) is 5.92 Å². The number of hydrogen-bond acceptors (Lipinski definition) is 4. The molecule has 1 fully saturated rings. The molecule has 1 saturated heterocycles. The molecule has 0 radical (unpaired) electrons. The molecule has 1 aromatic carbocycles. The summed E-state index contributed by atoms with van der Waals surface area (Å²) in [5.74, 6) is -0.881. The van der Waals surface area contributed by atoms with Crippen molar-refractivity contribution in [3.05, 3.63) is 29.3 Å². The molecular weight excluding hydrogens is 230 g/mol. The smallest absolute Gasteiger partial charge is 0.237 e. The van der Waals surface area contributed by atoms with Crippen LogP contribution in [0.4, 0.5) is 5.69 Å². The number of benzene rings is 1. The van der Waals surface area contributed by atoms with E-state index in [2.05, 4.69) is 0 Å². The summed E-state index contributed by atoms with van der Waals surface area (Å²) in [6.45, 7) is 1.69. The second-order valence-corrected chi connectivity index (χ2v) is 4.13. The van der Waals surface area contributed by atoms with Gasteiger partial charge in [-0.3, -0.25) is 14.5 Å². The molecule has 0 saturated carbocycles. The van der Waals surface area contributed by atoms with Crippen molar-refractivity contribution in [3.8, 4) is 12.1 Å². The molecule has 5 nitrogen and oxygen atoms in total. The molecule has 88 valence electrons. The number of carbonyl (C=O) groups excluding carboxylic acids is 2. The summed E-state index contributed by atoms with van der Waals surface area (Å²) < 4.78 is 0. The van der Waals surface area contributed by atoms with Crippen LogP contribution in [-0.2, 0) is 9.59 Å². The highest BCUT2D eigenvalue weighted by Gasteiger charge is 2.36. The molecule has 0 spiro atoms. The molecule has 1 aliphatic heterocycles. The molecule has 5 heteroatoms. The molecule has 0 aromatic heterocycles. The van der Waals surface area contributed by atoms with Gasteiger partial charge in [-0.2, -0.15) is 10.5 Å². The van der Waals surface area contributed by atoms with Crippen LogP contribution in [0, 0.1) is 28.6 Å². The van der Waals surface area contributed by atoms with E-state index in [1.807, 2.05) is 12.1 Å². The van der Waals surface area contributed by atoms with E-state index in [1.165, 1.54) is 18.2 Å². The van der Waals surface area contributed by atoms with E-state index in [9.17, 15) is 9.59 Å². The summed E-state index contributed by atoms with van der Waals surface area (Å²) in [5, 5.41) is 17.7. The topological polar surface area (TPSA) is 85.0 Å². The fraction of sp³-hybridized carbons (Fsp3) is 0.231. The second kappa shape index (κ2) is 4.31. The third-order valence-electron chi connectivity index (χ3n) is 2.87. The summed E-state index contributed by atoms with van der Waals surface area (Å²) >= 11 is 0. The Hall–Kier alpha value is -2.66. The van der Waals surface area contributed by atoms with Crippen molar-refractivity contribution in [1.29, 1.82) is 10.5 Å². The zero-order chi connectivity index (χ0) is 13.3. The van der Waals surface area contributed by atoms with Gasteiger partial charge in [0.2, 0.25) is 11.8 Å². The summed E-state index contributed by atoms with van der Waals surface area (Å²) in [7, 11) is 0. The van der Waals surface area contributed by atoms with Crippen molar-refractivity contribution in [3.63, 3.8) is 0 Å². The summed E-state index contributed by atoms with van der Waals surface area (Å²) in [5.41, 5.74) is 0.744. The molecule has 2 rings (SSSR count). The van der Waals surface area contributed by atoms with Gasteiger partial charge in [0.25, 0.3) is 0 Å². The number of nitrogens with zero attached hydrogens (tertiary/aromatic N) is 3. The average molecular weight is 239 g/mol. The van der Waals surface area contributed by atoms with E-state index in [4.69, 9.17) is 10.5 Å². The average Bonchev–Trinajstić information content (AvgIpc) is 2.62. The Bertz CT molecular complexity index is 622. The first kappa shape index (κ1) is 11.8. The van der Waals surface area contributed by atoms with Crippen LogP contribution in [0.2, 0.25) is 0 Å². The zero-order valence-electron chi connectivity index (χ0n) is 9.67. The fourth-order valence-corrected chi connectivity index (χ4v) is 1.92. The quantitative estimate of drug-likeness (QED) is 0.692. The number of amides is 2. The number of carbonyl (C=O) groups is 2. The highest BCUT2D eigenvalue weighted by Crippen LogP contribution is 2.27. The standard InChI is InChI=1S/C13H9N3O2/c1-8-4-12(17)16(13(8)18)11-3-2-9(6-14)10(5-11)7-15/h2-3,5,8H,4H2,1H3. The van der Waals surface area contributed by atoms with Crippen LogP contribution in [0.15, 0.2) is 18.2 Å². The third-order valence-corrected chi connectivity index (χ3v) is 2.87. The third kappa shape index (κ3) is 1.72. The number of imide groups is 1. The van der Waals surface area contributed by atoms with Gasteiger partial charge in [-0.15, -0.1) is 0 Å². The first-order valence-electron chi connectivity index (χ1n) is 5.39. The highest BCUT2D eigenvalue weighted by molar-refractivity contribution is 6.20. The van der Waals surface area contributed by atoms with Gasteiger partial charge in [0, 0.05) is 12.3 Å². The van der Waals surface area contributed by atoms with E-state index in [-0.39, 0.29) is 35.3 Å². The van der Waals surface area contributed by atoms with E-state index in [0.717, 1.165) is 4.90 Å². The molecule has 1 unspecified atom stereocenters. The second-order valence-electron chi connectivity index (χ2n) is 4.13. The molecule has 2 amide bonds. The molecule has 1 atom stereocenters. The number of hydrogen-bond donors (Lipinski definition) is 0. The molecule has 1 heterocycles. The summed E-state index contributed by atoms with van der Waals surface area (Å²) in [6, 6.07) is 8.11. The van der Waals surface area contributed by atoms with Crippen molar-refractivity contribution in [2.45, 2.75) is 13.3 Å². The number of nitriles is 2. The Balaban J connectivity index is 2.48. The molecular formula is C13H9N3O2. The Morgan fingerprint density at radius 2 is 1.89 bits per heavy atom. The van der Waals surface area contributed by atoms with Crippen LogP contribution in [-0.4, -0.2) is 11.8 Å². The molecule has 1 aromatic rings. The minimum absolute atomic E-state index is 0.162. The van der Waals surface area contributed by atoms with Gasteiger partial charge in [0.15, 0.2) is 0 Å². The van der Waals surface area contributed by atoms with Crippen LogP contribution in [0.25, 0.3) is 0 Å². The molecule has 0 aliphatic carbocycles. The maximum absolute atomic E-state index is 11.8. The van der Waals surface area contributed by atoms with Crippen molar-refractivity contribution >= 4 is 17.5 Å². The van der Waals surface area contributed by atoms with E-state index in [0.29, 0.717) is 5.69 Å². The minimum Gasteiger partial charge on any atom is -0.274 e. The van der Waals surface area contributed by atoms with Gasteiger partial charge < -0.3 is 0 Å². The largest absolute Gasteiger partial charge is 0.274 e. The Morgan fingerprint density at radius 1 is 1.22 bits per heavy atom. The lowest BCUT2D eigenvalue weighted by Gasteiger charge is -2.14. The maximum atomic E-state index is 11.8. The SMILES string of the molecule is CC1CC(=O)N(c2ccc(C#N)c(C#N)c2)C1=O. The van der Waals surface area contributed by atoms with Crippen LogP contribution in [0.3, 0.4) is 0 Å².